The monoisotopic (exact) mass is 290 g/mol. The molecule has 3 aliphatic heterocycles. The highest BCUT2D eigenvalue weighted by Gasteiger charge is 2.40. The van der Waals surface area contributed by atoms with Gasteiger partial charge in [-0.3, -0.25) is 9.58 Å². The first-order valence-electron chi connectivity index (χ1n) is 8.36. The standard InChI is InChI=1S/C16H26N4O/c1-13-10-15-12-19(7-8-20(15)18-13)14-2-9-21-16(11-14)3-5-17-6-4-16/h10,14,17H,2-9,11-12H2,1H3. The number of nitrogens with one attached hydrogen (secondary N) is 1. The molecular formula is C16H26N4O. The second kappa shape index (κ2) is 5.38. The molecule has 1 aromatic rings. The zero-order valence-electron chi connectivity index (χ0n) is 13.0. The number of nitrogens with zero attached hydrogens (tertiary/aromatic N) is 3. The Kier molecular flexibility index (Phi) is 3.52. The maximum Gasteiger partial charge on any atom is 0.0721 e. The maximum atomic E-state index is 6.22. The average Bonchev–Trinajstić information content (AvgIpc) is 2.87. The van der Waals surface area contributed by atoms with Crippen LogP contribution < -0.4 is 5.32 Å². The molecule has 0 radical (unpaired) electrons. The van der Waals surface area contributed by atoms with Crippen LogP contribution in [-0.2, 0) is 17.8 Å². The number of rotatable bonds is 1. The predicted octanol–water partition coefficient (Wildman–Crippen LogP) is 1.31. The van der Waals surface area contributed by atoms with Gasteiger partial charge < -0.3 is 10.1 Å². The van der Waals surface area contributed by atoms with Gasteiger partial charge in [-0.05, 0) is 51.8 Å². The molecule has 5 heteroatoms. The fraction of sp³-hybridized carbons (Fsp3) is 0.812. The number of piperidine rings is 1. The van der Waals surface area contributed by atoms with E-state index in [1.807, 2.05) is 0 Å². The Hall–Kier alpha value is -0.910. The topological polar surface area (TPSA) is 42.3 Å². The highest BCUT2D eigenvalue weighted by Crippen LogP contribution is 2.35. The Morgan fingerprint density at radius 1 is 1.33 bits per heavy atom. The summed E-state index contributed by atoms with van der Waals surface area (Å²) in [5.41, 5.74) is 2.68. The summed E-state index contributed by atoms with van der Waals surface area (Å²) in [5, 5.41) is 8.03. The fourth-order valence-corrected chi connectivity index (χ4v) is 4.29. The Morgan fingerprint density at radius 3 is 3.05 bits per heavy atom. The van der Waals surface area contributed by atoms with Gasteiger partial charge in [0.1, 0.15) is 0 Å². The number of aryl methyl sites for hydroxylation is 1. The van der Waals surface area contributed by atoms with Crippen LogP contribution in [0.15, 0.2) is 6.07 Å². The Labute approximate surface area is 126 Å². The molecule has 1 unspecified atom stereocenters. The van der Waals surface area contributed by atoms with E-state index in [4.69, 9.17) is 4.74 Å². The summed E-state index contributed by atoms with van der Waals surface area (Å²) in [6, 6.07) is 2.92. The van der Waals surface area contributed by atoms with E-state index in [0.29, 0.717) is 6.04 Å². The van der Waals surface area contributed by atoms with Crippen LogP contribution in [0.1, 0.15) is 37.1 Å². The third-order valence-electron chi connectivity index (χ3n) is 5.45. The van der Waals surface area contributed by atoms with Crippen LogP contribution in [0.25, 0.3) is 0 Å². The molecule has 21 heavy (non-hydrogen) atoms. The average molecular weight is 290 g/mol. The van der Waals surface area contributed by atoms with E-state index in [1.54, 1.807) is 0 Å². The smallest absolute Gasteiger partial charge is 0.0721 e. The van der Waals surface area contributed by atoms with Gasteiger partial charge in [-0.15, -0.1) is 0 Å². The lowest BCUT2D eigenvalue weighted by molar-refractivity contribution is -0.123. The van der Waals surface area contributed by atoms with Gasteiger partial charge in [0.25, 0.3) is 0 Å². The number of aromatic nitrogens is 2. The molecule has 4 heterocycles. The van der Waals surface area contributed by atoms with Crippen molar-refractivity contribution in [2.45, 2.75) is 57.3 Å². The molecule has 1 N–H and O–H groups in total. The summed E-state index contributed by atoms with van der Waals surface area (Å²) in [6.45, 7) is 8.47. The molecule has 0 aromatic carbocycles. The maximum absolute atomic E-state index is 6.22. The van der Waals surface area contributed by atoms with Crippen molar-refractivity contribution in [3.63, 3.8) is 0 Å². The van der Waals surface area contributed by atoms with Gasteiger partial charge in [0.2, 0.25) is 0 Å². The van der Waals surface area contributed by atoms with Crippen molar-refractivity contribution in [1.82, 2.24) is 20.0 Å². The molecule has 1 spiro atoms. The molecule has 1 atom stereocenters. The molecule has 0 bridgehead atoms. The zero-order valence-corrected chi connectivity index (χ0v) is 13.0. The number of hydrogen-bond donors (Lipinski definition) is 1. The Balaban J connectivity index is 1.46. The van der Waals surface area contributed by atoms with Crippen LogP contribution in [0.2, 0.25) is 0 Å². The molecular weight excluding hydrogens is 264 g/mol. The largest absolute Gasteiger partial charge is 0.375 e. The molecule has 3 aliphatic rings. The molecule has 0 amide bonds. The van der Waals surface area contributed by atoms with Crippen molar-refractivity contribution in [3.05, 3.63) is 17.5 Å². The van der Waals surface area contributed by atoms with E-state index in [9.17, 15) is 0 Å². The van der Waals surface area contributed by atoms with Crippen LogP contribution in [0, 0.1) is 6.92 Å². The fourth-order valence-electron chi connectivity index (χ4n) is 4.29. The minimum Gasteiger partial charge on any atom is -0.375 e. The molecule has 2 fully saturated rings. The molecule has 1 aromatic heterocycles. The molecule has 116 valence electrons. The van der Waals surface area contributed by atoms with E-state index in [2.05, 4.69) is 33.0 Å². The molecule has 0 aliphatic carbocycles. The number of fused-ring (bicyclic) bond motifs is 1. The second-order valence-corrected chi connectivity index (χ2v) is 6.90. The highest BCUT2D eigenvalue weighted by molar-refractivity contribution is 5.11. The van der Waals surface area contributed by atoms with Gasteiger partial charge in [0.15, 0.2) is 0 Å². The molecule has 0 saturated carbocycles. The van der Waals surface area contributed by atoms with Crippen LogP contribution in [-0.4, -0.2) is 52.6 Å². The van der Waals surface area contributed by atoms with Crippen molar-refractivity contribution in [1.29, 1.82) is 0 Å². The summed E-state index contributed by atoms with van der Waals surface area (Å²) in [5.74, 6) is 0. The van der Waals surface area contributed by atoms with E-state index < -0.39 is 0 Å². The Morgan fingerprint density at radius 2 is 2.19 bits per heavy atom. The third-order valence-corrected chi connectivity index (χ3v) is 5.45. The van der Waals surface area contributed by atoms with Gasteiger partial charge in [0.05, 0.1) is 23.5 Å². The zero-order chi connectivity index (χ0) is 14.3. The Bertz CT molecular complexity index is 501. The van der Waals surface area contributed by atoms with Crippen LogP contribution in [0.3, 0.4) is 0 Å². The van der Waals surface area contributed by atoms with Gasteiger partial charge in [0, 0.05) is 25.7 Å². The summed E-state index contributed by atoms with van der Waals surface area (Å²) in [4.78, 5) is 2.67. The van der Waals surface area contributed by atoms with Crippen molar-refractivity contribution in [2.24, 2.45) is 0 Å². The molecule has 2 saturated heterocycles. The third kappa shape index (κ3) is 2.62. The first kappa shape index (κ1) is 13.7. The lowest BCUT2D eigenvalue weighted by atomic mass is 9.82. The van der Waals surface area contributed by atoms with Gasteiger partial charge in [-0.2, -0.15) is 5.10 Å². The van der Waals surface area contributed by atoms with Gasteiger partial charge in [-0.25, -0.2) is 0 Å². The van der Waals surface area contributed by atoms with E-state index >= 15 is 0 Å². The summed E-state index contributed by atoms with van der Waals surface area (Å²) in [7, 11) is 0. The normalized spacial score (nSPS) is 29.5. The summed E-state index contributed by atoms with van der Waals surface area (Å²) in [6.07, 6.45) is 4.74. The van der Waals surface area contributed by atoms with Gasteiger partial charge >= 0.3 is 0 Å². The van der Waals surface area contributed by atoms with Crippen molar-refractivity contribution < 1.29 is 4.74 Å². The van der Waals surface area contributed by atoms with E-state index in [-0.39, 0.29) is 5.60 Å². The highest BCUT2D eigenvalue weighted by atomic mass is 16.5. The molecule has 4 rings (SSSR count). The number of hydrogen-bond acceptors (Lipinski definition) is 4. The van der Waals surface area contributed by atoms with Gasteiger partial charge in [-0.1, -0.05) is 0 Å². The lowest BCUT2D eigenvalue weighted by Crippen LogP contribution is -2.54. The van der Waals surface area contributed by atoms with Crippen LogP contribution in [0.5, 0.6) is 0 Å². The quantitative estimate of drug-likeness (QED) is 0.847. The predicted molar refractivity (Wildman–Crippen MR) is 81.2 cm³/mol. The molecule has 5 nitrogen and oxygen atoms in total. The van der Waals surface area contributed by atoms with E-state index in [1.165, 1.54) is 31.4 Å². The van der Waals surface area contributed by atoms with Crippen molar-refractivity contribution in [3.8, 4) is 0 Å². The lowest BCUT2D eigenvalue weighted by Gasteiger charge is -2.47. The summed E-state index contributed by atoms with van der Waals surface area (Å²) < 4.78 is 8.40. The van der Waals surface area contributed by atoms with Crippen molar-refractivity contribution in [2.75, 3.05) is 26.2 Å². The van der Waals surface area contributed by atoms with E-state index in [0.717, 1.165) is 45.0 Å². The minimum atomic E-state index is 0.155. The first-order valence-corrected chi connectivity index (χ1v) is 8.36. The van der Waals surface area contributed by atoms with Crippen molar-refractivity contribution >= 4 is 0 Å². The van der Waals surface area contributed by atoms with Crippen LogP contribution in [0.4, 0.5) is 0 Å². The van der Waals surface area contributed by atoms with Crippen LogP contribution >= 0.6 is 0 Å². The minimum absolute atomic E-state index is 0.155. The SMILES string of the molecule is Cc1cc2n(n1)CCN(C1CCOC3(CCNCC3)C1)C2. The first-order chi connectivity index (χ1) is 10.2. The second-order valence-electron chi connectivity index (χ2n) is 6.90. The summed E-state index contributed by atoms with van der Waals surface area (Å²) >= 11 is 0. The number of ether oxygens (including phenoxy) is 1.